The van der Waals surface area contributed by atoms with Gasteiger partial charge in [0.25, 0.3) is 0 Å². The normalized spacial score (nSPS) is 23.0. The van der Waals surface area contributed by atoms with Gasteiger partial charge in [0.05, 0.1) is 22.4 Å². The highest BCUT2D eigenvalue weighted by atomic mass is 32.2. The molecule has 7 heteroatoms. The number of hydrogen-bond acceptors (Lipinski definition) is 4. The lowest BCUT2D eigenvalue weighted by molar-refractivity contribution is -0.144. The minimum atomic E-state index is -3.76. The highest BCUT2D eigenvalue weighted by Crippen LogP contribution is 2.30. The molecule has 2 rings (SSSR count). The van der Waals surface area contributed by atoms with Crippen molar-refractivity contribution in [2.75, 3.05) is 6.54 Å². The summed E-state index contributed by atoms with van der Waals surface area (Å²) in [6.07, 6.45) is 1.00. The van der Waals surface area contributed by atoms with Crippen LogP contribution in [0.3, 0.4) is 0 Å². The van der Waals surface area contributed by atoms with Gasteiger partial charge in [-0.3, -0.25) is 4.79 Å². The lowest BCUT2D eigenvalue weighted by Crippen LogP contribution is -2.48. The second-order valence-corrected chi connectivity index (χ2v) is 7.42. The minimum absolute atomic E-state index is 0.0990. The van der Waals surface area contributed by atoms with E-state index in [0.29, 0.717) is 30.5 Å². The van der Waals surface area contributed by atoms with Crippen LogP contribution < -0.4 is 0 Å². The zero-order valence-corrected chi connectivity index (χ0v) is 13.3. The Hall–Kier alpha value is -1.91. The van der Waals surface area contributed by atoms with Gasteiger partial charge in [-0.1, -0.05) is 0 Å². The van der Waals surface area contributed by atoms with Crippen LogP contribution in [0.15, 0.2) is 23.1 Å². The number of aliphatic carboxylic acids is 1. The third kappa shape index (κ3) is 2.85. The second kappa shape index (κ2) is 6.07. The van der Waals surface area contributed by atoms with Crippen molar-refractivity contribution in [2.24, 2.45) is 5.92 Å². The van der Waals surface area contributed by atoms with Crippen molar-refractivity contribution in [3.63, 3.8) is 0 Å². The maximum Gasteiger partial charge on any atom is 0.308 e. The van der Waals surface area contributed by atoms with Crippen LogP contribution in [0.1, 0.15) is 30.9 Å². The van der Waals surface area contributed by atoms with Crippen LogP contribution in [-0.4, -0.2) is 36.4 Å². The van der Waals surface area contributed by atoms with Crippen molar-refractivity contribution in [2.45, 2.75) is 37.6 Å². The number of carbonyl (C=O) groups is 1. The number of sulfonamides is 1. The minimum Gasteiger partial charge on any atom is -0.481 e. The fourth-order valence-electron chi connectivity index (χ4n) is 2.84. The molecule has 0 aromatic heterocycles. The van der Waals surface area contributed by atoms with Gasteiger partial charge in [0.2, 0.25) is 10.0 Å². The van der Waals surface area contributed by atoms with E-state index in [1.165, 1.54) is 22.5 Å². The summed E-state index contributed by atoms with van der Waals surface area (Å²) in [5.41, 5.74) is 1.01. The van der Waals surface area contributed by atoms with Gasteiger partial charge in [0.15, 0.2) is 0 Å². The second-order valence-electron chi connectivity index (χ2n) is 5.53. The summed E-state index contributed by atoms with van der Waals surface area (Å²) >= 11 is 0. The molecule has 2 atom stereocenters. The number of carboxylic acids is 1. The molecular weight excluding hydrogens is 304 g/mol. The van der Waals surface area contributed by atoms with Crippen molar-refractivity contribution in [3.05, 3.63) is 29.3 Å². The van der Waals surface area contributed by atoms with Crippen LogP contribution in [-0.2, 0) is 14.8 Å². The van der Waals surface area contributed by atoms with Crippen molar-refractivity contribution in [3.8, 4) is 6.07 Å². The van der Waals surface area contributed by atoms with Crippen LogP contribution in [0.5, 0.6) is 0 Å². The molecule has 1 aliphatic heterocycles. The van der Waals surface area contributed by atoms with Gasteiger partial charge >= 0.3 is 5.97 Å². The Morgan fingerprint density at radius 1 is 1.45 bits per heavy atom. The number of piperidine rings is 1. The maximum atomic E-state index is 12.8. The first-order valence-corrected chi connectivity index (χ1v) is 8.48. The molecule has 0 aliphatic carbocycles. The maximum absolute atomic E-state index is 12.8. The van der Waals surface area contributed by atoms with Crippen molar-refractivity contribution >= 4 is 16.0 Å². The van der Waals surface area contributed by atoms with E-state index >= 15 is 0 Å². The monoisotopic (exact) mass is 322 g/mol. The van der Waals surface area contributed by atoms with Gasteiger partial charge in [0, 0.05) is 12.6 Å². The molecule has 1 aromatic rings. The quantitative estimate of drug-likeness (QED) is 0.914. The zero-order valence-electron chi connectivity index (χ0n) is 12.5. The molecule has 1 heterocycles. The predicted molar refractivity (Wildman–Crippen MR) is 79.6 cm³/mol. The topological polar surface area (TPSA) is 98.5 Å². The molecule has 1 fully saturated rings. The highest BCUT2D eigenvalue weighted by molar-refractivity contribution is 7.89. The molecule has 0 radical (unpaired) electrons. The van der Waals surface area contributed by atoms with Gasteiger partial charge < -0.3 is 5.11 Å². The first-order chi connectivity index (χ1) is 10.3. The summed E-state index contributed by atoms with van der Waals surface area (Å²) < 4.78 is 26.8. The van der Waals surface area contributed by atoms with E-state index in [1.54, 1.807) is 13.8 Å². The molecule has 0 bridgehead atoms. The van der Waals surface area contributed by atoms with E-state index in [4.69, 9.17) is 5.26 Å². The lowest BCUT2D eigenvalue weighted by Gasteiger charge is -2.36. The van der Waals surface area contributed by atoms with E-state index < -0.39 is 28.0 Å². The number of aryl methyl sites for hydroxylation is 1. The van der Waals surface area contributed by atoms with Gasteiger partial charge in [-0.25, -0.2) is 8.42 Å². The number of hydrogen-bond donors (Lipinski definition) is 1. The van der Waals surface area contributed by atoms with Crippen LogP contribution in [0.25, 0.3) is 0 Å². The Labute approximate surface area is 130 Å². The molecule has 1 aromatic carbocycles. The molecule has 6 nitrogen and oxygen atoms in total. The first kappa shape index (κ1) is 16.5. The number of nitriles is 1. The van der Waals surface area contributed by atoms with E-state index in [-0.39, 0.29) is 4.90 Å². The average Bonchev–Trinajstić information content (AvgIpc) is 2.46. The molecule has 1 aliphatic rings. The molecule has 22 heavy (non-hydrogen) atoms. The summed E-state index contributed by atoms with van der Waals surface area (Å²) in [5.74, 6) is -1.66. The highest BCUT2D eigenvalue weighted by Gasteiger charge is 2.39. The standard InChI is InChI=1S/C15H18N2O4S/c1-10-8-13(6-5-12(10)9-16)22(20,21)17-7-3-4-14(11(17)2)15(18)19/h5-6,8,11,14H,3-4,7H2,1-2H3,(H,18,19)/t11-,14-/m1/s1. The van der Waals surface area contributed by atoms with Crippen molar-refractivity contribution in [1.82, 2.24) is 4.31 Å². The molecule has 118 valence electrons. The largest absolute Gasteiger partial charge is 0.481 e. The van der Waals surface area contributed by atoms with E-state index in [1.807, 2.05) is 6.07 Å². The average molecular weight is 322 g/mol. The van der Waals surface area contributed by atoms with Crippen LogP contribution in [0.4, 0.5) is 0 Å². The SMILES string of the molecule is Cc1cc(S(=O)(=O)N2CCC[C@@H](C(=O)O)[C@H]2C)ccc1C#N. The number of carboxylic acid groups (broad SMARTS) is 1. The number of benzene rings is 1. The Bertz CT molecular complexity index is 736. The van der Waals surface area contributed by atoms with Crippen molar-refractivity contribution < 1.29 is 18.3 Å². The fourth-order valence-corrected chi connectivity index (χ4v) is 4.63. The van der Waals surface area contributed by atoms with Crippen molar-refractivity contribution in [1.29, 1.82) is 5.26 Å². The molecule has 0 spiro atoms. The summed E-state index contributed by atoms with van der Waals surface area (Å²) in [7, 11) is -3.76. The fraction of sp³-hybridized carbons (Fsp3) is 0.467. The Kier molecular flexibility index (Phi) is 4.54. The summed E-state index contributed by atoms with van der Waals surface area (Å²) in [4.78, 5) is 11.4. The van der Waals surface area contributed by atoms with Gasteiger partial charge in [0.1, 0.15) is 0 Å². The third-order valence-corrected chi connectivity index (χ3v) is 6.15. The number of nitrogens with zero attached hydrogens (tertiary/aromatic N) is 2. The smallest absolute Gasteiger partial charge is 0.308 e. The Balaban J connectivity index is 2.40. The van der Waals surface area contributed by atoms with Gasteiger partial charge in [-0.05, 0) is 50.5 Å². The van der Waals surface area contributed by atoms with Gasteiger partial charge in [-0.2, -0.15) is 9.57 Å². The summed E-state index contributed by atoms with van der Waals surface area (Å²) in [6, 6.07) is 5.75. The molecule has 0 unspecified atom stereocenters. The zero-order chi connectivity index (χ0) is 16.5. The van der Waals surface area contributed by atoms with E-state index in [9.17, 15) is 18.3 Å². The van der Waals surface area contributed by atoms with Crippen LogP contribution in [0.2, 0.25) is 0 Å². The first-order valence-electron chi connectivity index (χ1n) is 7.04. The molecule has 1 saturated heterocycles. The molecule has 0 amide bonds. The summed E-state index contributed by atoms with van der Waals surface area (Å²) in [5, 5.41) is 18.1. The summed E-state index contributed by atoms with van der Waals surface area (Å²) in [6.45, 7) is 3.62. The van der Waals surface area contributed by atoms with Crippen LogP contribution >= 0.6 is 0 Å². The predicted octanol–water partition coefficient (Wildman–Crippen LogP) is 1.74. The van der Waals surface area contributed by atoms with E-state index in [0.717, 1.165) is 0 Å². The third-order valence-electron chi connectivity index (χ3n) is 4.17. The number of rotatable bonds is 3. The van der Waals surface area contributed by atoms with E-state index in [2.05, 4.69) is 0 Å². The van der Waals surface area contributed by atoms with Gasteiger partial charge in [-0.15, -0.1) is 0 Å². The lowest BCUT2D eigenvalue weighted by atomic mass is 9.92. The molecular formula is C15H18N2O4S. The molecule has 1 N–H and O–H groups in total. The molecule has 0 saturated carbocycles. The Morgan fingerprint density at radius 3 is 2.68 bits per heavy atom. The van der Waals surface area contributed by atoms with Crippen LogP contribution in [0, 0.1) is 24.2 Å². The Morgan fingerprint density at radius 2 is 2.14 bits per heavy atom.